The second-order valence-electron chi connectivity index (χ2n) is 5.31. The van der Waals surface area contributed by atoms with E-state index in [1.807, 2.05) is 24.3 Å². The van der Waals surface area contributed by atoms with Gasteiger partial charge in [-0.15, -0.1) is 0 Å². The highest BCUT2D eigenvalue weighted by molar-refractivity contribution is 6.04. The van der Waals surface area contributed by atoms with Gasteiger partial charge in [-0.1, -0.05) is 6.07 Å². The summed E-state index contributed by atoms with van der Waals surface area (Å²) in [7, 11) is 0. The van der Waals surface area contributed by atoms with Gasteiger partial charge < -0.3 is 15.0 Å². The largest absolute Gasteiger partial charge is 0.480 e. The SMILES string of the molecule is CC(=O)N1CC(Nc2cccc3c2ccn3CC(=O)O)=CC1=O. The molecular formula is C16H15N3O4. The monoisotopic (exact) mass is 313 g/mol. The number of carbonyl (C=O) groups is 3. The molecule has 2 aromatic rings. The van der Waals surface area contributed by atoms with E-state index < -0.39 is 5.97 Å². The normalized spacial score (nSPS) is 14.2. The summed E-state index contributed by atoms with van der Waals surface area (Å²) in [5.74, 6) is -1.55. The molecule has 118 valence electrons. The van der Waals surface area contributed by atoms with Crippen LogP contribution in [0.15, 0.2) is 42.2 Å². The maximum atomic E-state index is 11.7. The predicted molar refractivity (Wildman–Crippen MR) is 83.7 cm³/mol. The number of aromatic nitrogens is 1. The fourth-order valence-electron chi connectivity index (χ4n) is 2.65. The Bertz CT molecular complexity index is 850. The van der Waals surface area contributed by atoms with Crippen molar-refractivity contribution in [1.82, 2.24) is 9.47 Å². The lowest BCUT2D eigenvalue weighted by Crippen LogP contribution is -2.31. The molecule has 2 amide bonds. The van der Waals surface area contributed by atoms with Crippen LogP contribution in [0.1, 0.15) is 6.92 Å². The summed E-state index contributed by atoms with van der Waals surface area (Å²) in [6, 6.07) is 7.30. The molecule has 3 rings (SSSR count). The molecule has 0 radical (unpaired) electrons. The summed E-state index contributed by atoms with van der Waals surface area (Å²) in [6.07, 6.45) is 3.11. The molecule has 23 heavy (non-hydrogen) atoms. The van der Waals surface area contributed by atoms with Crippen LogP contribution in [0.4, 0.5) is 5.69 Å². The third-order valence-corrected chi connectivity index (χ3v) is 3.69. The Labute approximate surface area is 131 Å². The molecule has 1 aromatic carbocycles. The lowest BCUT2D eigenvalue weighted by Gasteiger charge is -2.13. The summed E-state index contributed by atoms with van der Waals surface area (Å²) in [5.41, 5.74) is 2.17. The average Bonchev–Trinajstić information content (AvgIpc) is 3.03. The number of rotatable bonds is 4. The van der Waals surface area contributed by atoms with E-state index in [1.54, 1.807) is 10.8 Å². The number of imide groups is 1. The van der Waals surface area contributed by atoms with Gasteiger partial charge in [0.05, 0.1) is 12.1 Å². The number of aliphatic carboxylic acids is 1. The van der Waals surface area contributed by atoms with Crippen LogP contribution in [0, 0.1) is 0 Å². The molecule has 1 aromatic heterocycles. The lowest BCUT2D eigenvalue weighted by atomic mass is 10.2. The summed E-state index contributed by atoms with van der Waals surface area (Å²) < 4.78 is 1.64. The molecule has 1 aliphatic rings. The number of fused-ring (bicyclic) bond motifs is 1. The van der Waals surface area contributed by atoms with Gasteiger partial charge in [-0.2, -0.15) is 0 Å². The van der Waals surface area contributed by atoms with Crippen molar-refractivity contribution >= 4 is 34.4 Å². The van der Waals surface area contributed by atoms with Crippen LogP contribution >= 0.6 is 0 Å². The Morgan fingerprint density at radius 3 is 2.74 bits per heavy atom. The van der Waals surface area contributed by atoms with E-state index in [1.165, 1.54) is 13.0 Å². The van der Waals surface area contributed by atoms with Crippen molar-refractivity contribution in [2.75, 3.05) is 11.9 Å². The molecular weight excluding hydrogens is 298 g/mol. The van der Waals surface area contributed by atoms with Crippen molar-refractivity contribution in [3.8, 4) is 0 Å². The minimum Gasteiger partial charge on any atom is -0.480 e. The minimum atomic E-state index is -0.915. The zero-order chi connectivity index (χ0) is 16.6. The zero-order valence-corrected chi connectivity index (χ0v) is 12.4. The molecule has 2 N–H and O–H groups in total. The van der Waals surface area contributed by atoms with Gasteiger partial charge in [0.15, 0.2) is 0 Å². The van der Waals surface area contributed by atoms with Gasteiger partial charge in [0, 0.05) is 36.0 Å². The van der Waals surface area contributed by atoms with Gasteiger partial charge in [-0.05, 0) is 18.2 Å². The Morgan fingerprint density at radius 1 is 1.30 bits per heavy atom. The van der Waals surface area contributed by atoms with Crippen LogP contribution in [-0.4, -0.2) is 38.9 Å². The fourth-order valence-corrected chi connectivity index (χ4v) is 2.65. The van der Waals surface area contributed by atoms with Crippen LogP contribution in [0.3, 0.4) is 0 Å². The van der Waals surface area contributed by atoms with E-state index >= 15 is 0 Å². The number of hydrogen-bond acceptors (Lipinski definition) is 4. The van der Waals surface area contributed by atoms with E-state index in [0.717, 1.165) is 21.5 Å². The first-order valence-corrected chi connectivity index (χ1v) is 7.05. The van der Waals surface area contributed by atoms with Crippen molar-refractivity contribution in [3.05, 3.63) is 42.2 Å². The Hall–Kier alpha value is -3.09. The summed E-state index contributed by atoms with van der Waals surface area (Å²) in [5, 5.41) is 12.9. The van der Waals surface area contributed by atoms with E-state index in [-0.39, 0.29) is 24.9 Å². The molecule has 7 heteroatoms. The maximum Gasteiger partial charge on any atom is 0.323 e. The first kappa shape index (κ1) is 14.8. The van der Waals surface area contributed by atoms with Crippen LogP contribution in [0.5, 0.6) is 0 Å². The Kier molecular flexibility index (Phi) is 3.61. The molecule has 0 saturated heterocycles. The highest BCUT2D eigenvalue weighted by Crippen LogP contribution is 2.26. The predicted octanol–water partition coefficient (Wildman–Crippen LogP) is 1.41. The number of benzene rings is 1. The Balaban J connectivity index is 1.88. The average molecular weight is 313 g/mol. The topological polar surface area (TPSA) is 91.6 Å². The molecule has 0 bridgehead atoms. The Morgan fingerprint density at radius 2 is 2.09 bits per heavy atom. The van der Waals surface area contributed by atoms with Crippen LogP contribution in [0.2, 0.25) is 0 Å². The van der Waals surface area contributed by atoms with Gasteiger partial charge in [0.25, 0.3) is 5.91 Å². The van der Waals surface area contributed by atoms with Gasteiger partial charge >= 0.3 is 5.97 Å². The van der Waals surface area contributed by atoms with Gasteiger partial charge in [-0.25, -0.2) is 0 Å². The molecule has 0 saturated carbocycles. The zero-order valence-electron chi connectivity index (χ0n) is 12.4. The number of carbonyl (C=O) groups excluding carboxylic acids is 2. The van der Waals surface area contributed by atoms with E-state index in [0.29, 0.717) is 5.70 Å². The van der Waals surface area contributed by atoms with Gasteiger partial charge in [0.2, 0.25) is 5.91 Å². The van der Waals surface area contributed by atoms with Crippen LogP contribution in [-0.2, 0) is 20.9 Å². The number of nitrogens with one attached hydrogen (secondary N) is 1. The smallest absolute Gasteiger partial charge is 0.323 e. The van der Waals surface area contributed by atoms with E-state index in [4.69, 9.17) is 5.11 Å². The third kappa shape index (κ3) is 2.80. The number of anilines is 1. The van der Waals surface area contributed by atoms with Gasteiger partial charge in [-0.3, -0.25) is 19.3 Å². The van der Waals surface area contributed by atoms with Gasteiger partial charge in [0.1, 0.15) is 6.54 Å². The summed E-state index contributed by atoms with van der Waals surface area (Å²) >= 11 is 0. The standard InChI is InChI=1S/C16H15N3O4/c1-10(20)19-8-11(7-15(19)21)17-13-3-2-4-14-12(13)5-6-18(14)9-16(22)23/h2-7,17H,8-9H2,1H3,(H,22,23). The van der Waals surface area contributed by atoms with Crippen molar-refractivity contribution < 1.29 is 19.5 Å². The van der Waals surface area contributed by atoms with Crippen molar-refractivity contribution in [1.29, 1.82) is 0 Å². The van der Waals surface area contributed by atoms with Crippen LogP contribution < -0.4 is 5.32 Å². The minimum absolute atomic E-state index is 0.119. The summed E-state index contributed by atoms with van der Waals surface area (Å²) in [6.45, 7) is 1.44. The number of hydrogen-bond donors (Lipinski definition) is 2. The third-order valence-electron chi connectivity index (χ3n) is 3.69. The number of nitrogens with zero attached hydrogens (tertiary/aromatic N) is 2. The summed E-state index contributed by atoms with van der Waals surface area (Å²) in [4.78, 5) is 35.1. The number of carboxylic acids is 1. The molecule has 7 nitrogen and oxygen atoms in total. The van der Waals surface area contributed by atoms with Crippen molar-refractivity contribution in [2.45, 2.75) is 13.5 Å². The molecule has 0 atom stereocenters. The van der Waals surface area contributed by atoms with Crippen molar-refractivity contribution in [2.24, 2.45) is 0 Å². The molecule has 0 unspecified atom stereocenters. The first-order valence-electron chi connectivity index (χ1n) is 7.05. The number of amides is 2. The first-order chi connectivity index (χ1) is 11.0. The van der Waals surface area contributed by atoms with E-state index in [9.17, 15) is 14.4 Å². The molecule has 0 spiro atoms. The lowest BCUT2D eigenvalue weighted by molar-refractivity contribution is -0.139. The molecule has 1 aliphatic heterocycles. The second kappa shape index (κ2) is 5.60. The molecule has 0 fully saturated rings. The van der Waals surface area contributed by atoms with E-state index in [2.05, 4.69) is 5.32 Å². The highest BCUT2D eigenvalue weighted by atomic mass is 16.4. The van der Waals surface area contributed by atoms with Crippen LogP contribution in [0.25, 0.3) is 10.9 Å². The highest BCUT2D eigenvalue weighted by Gasteiger charge is 2.25. The molecule has 0 aliphatic carbocycles. The van der Waals surface area contributed by atoms with Crippen molar-refractivity contribution in [3.63, 3.8) is 0 Å². The fraction of sp³-hybridized carbons (Fsp3) is 0.188. The maximum absolute atomic E-state index is 11.7. The number of carboxylic acid groups (broad SMARTS) is 1. The molecule has 2 heterocycles. The second-order valence-corrected chi connectivity index (χ2v) is 5.31. The quantitative estimate of drug-likeness (QED) is 0.890.